The van der Waals surface area contributed by atoms with Crippen molar-refractivity contribution in [1.82, 2.24) is 0 Å². The number of aryl methyl sites for hydroxylation is 2. The van der Waals surface area contributed by atoms with E-state index in [1.807, 2.05) is 26.8 Å². The maximum atomic E-state index is 13.0. The number of anilines is 1. The maximum Gasteiger partial charge on any atom is 0.586 e. The van der Waals surface area contributed by atoms with Gasteiger partial charge in [-0.2, -0.15) is 0 Å². The molecule has 0 saturated carbocycles. The Balaban J connectivity index is 1.79. The first-order valence-corrected chi connectivity index (χ1v) is 6.57. The molecule has 0 fully saturated rings. The quantitative estimate of drug-likeness (QED) is 0.912. The Morgan fingerprint density at radius 1 is 1.10 bits per heavy atom. The molecule has 2 heterocycles. The van der Waals surface area contributed by atoms with E-state index in [0.717, 1.165) is 17.1 Å². The molecule has 1 aliphatic heterocycles. The molecule has 0 spiro atoms. The van der Waals surface area contributed by atoms with Crippen molar-refractivity contribution in [2.75, 3.05) is 5.32 Å². The first-order chi connectivity index (χ1) is 9.84. The fraction of sp³-hybridized carbons (Fsp3) is 0.333. The number of fused-ring (bicyclic) bond motifs is 1. The van der Waals surface area contributed by atoms with Crippen molar-refractivity contribution in [2.45, 2.75) is 33.1 Å². The second kappa shape index (κ2) is 4.65. The molecule has 2 aromatic rings. The summed E-state index contributed by atoms with van der Waals surface area (Å²) < 4.78 is 40.2. The van der Waals surface area contributed by atoms with Crippen molar-refractivity contribution in [2.24, 2.45) is 0 Å². The van der Waals surface area contributed by atoms with Crippen LogP contribution in [0.25, 0.3) is 0 Å². The van der Waals surface area contributed by atoms with Gasteiger partial charge in [-0.05, 0) is 39.0 Å². The number of halogens is 2. The molecule has 4 nitrogen and oxygen atoms in total. The number of alkyl halides is 2. The van der Waals surface area contributed by atoms with Crippen LogP contribution in [-0.2, 0) is 0 Å². The molecule has 0 aliphatic carbocycles. The van der Waals surface area contributed by atoms with Crippen molar-refractivity contribution in [3.05, 3.63) is 41.3 Å². The van der Waals surface area contributed by atoms with Gasteiger partial charge in [-0.15, -0.1) is 8.78 Å². The van der Waals surface area contributed by atoms with Gasteiger partial charge in [-0.1, -0.05) is 0 Å². The average Bonchev–Trinajstić information content (AvgIpc) is 2.86. The van der Waals surface area contributed by atoms with E-state index in [0.29, 0.717) is 5.69 Å². The molecule has 1 aromatic carbocycles. The zero-order valence-electron chi connectivity index (χ0n) is 11.9. The molecular formula is C15H15F2NO3. The van der Waals surface area contributed by atoms with Crippen LogP contribution in [0.2, 0.25) is 0 Å². The van der Waals surface area contributed by atoms with E-state index >= 15 is 0 Å². The number of benzene rings is 1. The second-order valence-corrected chi connectivity index (χ2v) is 5.06. The van der Waals surface area contributed by atoms with Crippen molar-refractivity contribution in [3.8, 4) is 11.5 Å². The summed E-state index contributed by atoms with van der Waals surface area (Å²) in [6.07, 6.45) is -3.59. The van der Waals surface area contributed by atoms with Crippen LogP contribution in [0, 0.1) is 13.8 Å². The van der Waals surface area contributed by atoms with Gasteiger partial charge in [-0.3, -0.25) is 0 Å². The highest BCUT2D eigenvalue weighted by molar-refractivity contribution is 5.56. The van der Waals surface area contributed by atoms with Gasteiger partial charge in [-0.25, -0.2) is 0 Å². The Morgan fingerprint density at radius 3 is 2.48 bits per heavy atom. The first kappa shape index (κ1) is 13.7. The fourth-order valence-corrected chi connectivity index (χ4v) is 2.45. The monoisotopic (exact) mass is 295 g/mol. The second-order valence-electron chi connectivity index (χ2n) is 5.06. The van der Waals surface area contributed by atoms with Gasteiger partial charge in [0.15, 0.2) is 11.5 Å². The standard InChI is InChI=1S/C15H15F2NO3/c1-8-6-12(10(3)19-8)9(2)18-11-4-5-13-14(7-11)21-15(16,17)20-13/h4-7,9,18H,1-3H3. The van der Waals surface area contributed by atoms with Crippen LogP contribution in [0.3, 0.4) is 0 Å². The molecule has 1 N–H and O–H groups in total. The summed E-state index contributed by atoms with van der Waals surface area (Å²) in [5.74, 6) is 1.73. The lowest BCUT2D eigenvalue weighted by molar-refractivity contribution is -0.286. The topological polar surface area (TPSA) is 43.6 Å². The molecule has 21 heavy (non-hydrogen) atoms. The molecule has 0 bridgehead atoms. The van der Waals surface area contributed by atoms with Gasteiger partial charge < -0.3 is 19.2 Å². The predicted molar refractivity (Wildman–Crippen MR) is 72.9 cm³/mol. The molecule has 0 saturated heterocycles. The summed E-state index contributed by atoms with van der Waals surface area (Å²) in [4.78, 5) is 0. The third-order valence-corrected chi connectivity index (χ3v) is 3.33. The van der Waals surface area contributed by atoms with Gasteiger partial charge in [0.1, 0.15) is 11.5 Å². The molecule has 1 aromatic heterocycles. The first-order valence-electron chi connectivity index (χ1n) is 6.57. The summed E-state index contributed by atoms with van der Waals surface area (Å²) in [6, 6.07) is 6.55. The van der Waals surface area contributed by atoms with Crippen LogP contribution >= 0.6 is 0 Å². The van der Waals surface area contributed by atoms with E-state index in [4.69, 9.17) is 4.42 Å². The predicted octanol–water partition coefficient (Wildman–Crippen LogP) is 4.39. The van der Waals surface area contributed by atoms with E-state index < -0.39 is 6.29 Å². The molecule has 3 rings (SSSR count). The molecule has 0 radical (unpaired) electrons. The molecule has 112 valence electrons. The zero-order chi connectivity index (χ0) is 15.2. The van der Waals surface area contributed by atoms with Crippen LogP contribution < -0.4 is 14.8 Å². The van der Waals surface area contributed by atoms with Gasteiger partial charge in [0, 0.05) is 17.3 Å². The highest BCUT2D eigenvalue weighted by Crippen LogP contribution is 2.42. The number of rotatable bonds is 3. The fourth-order valence-electron chi connectivity index (χ4n) is 2.45. The third kappa shape index (κ3) is 2.66. The van der Waals surface area contributed by atoms with Gasteiger partial charge in [0.05, 0.1) is 6.04 Å². The maximum absolute atomic E-state index is 13.0. The Bertz CT molecular complexity index is 682. The summed E-state index contributed by atoms with van der Waals surface area (Å²) in [6.45, 7) is 5.74. The highest BCUT2D eigenvalue weighted by atomic mass is 19.3. The van der Waals surface area contributed by atoms with Crippen LogP contribution in [0.15, 0.2) is 28.7 Å². The Morgan fingerprint density at radius 2 is 1.81 bits per heavy atom. The number of ether oxygens (including phenoxy) is 2. The molecule has 1 aliphatic rings. The van der Waals surface area contributed by atoms with Crippen molar-refractivity contribution < 1.29 is 22.7 Å². The van der Waals surface area contributed by atoms with E-state index in [2.05, 4.69) is 14.8 Å². The Hall–Kier alpha value is -2.24. The average molecular weight is 295 g/mol. The smallest absolute Gasteiger partial charge is 0.466 e. The summed E-state index contributed by atoms with van der Waals surface area (Å²) in [5.41, 5.74) is 1.69. The van der Waals surface area contributed by atoms with E-state index in [1.54, 1.807) is 6.07 Å². The van der Waals surface area contributed by atoms with E-state index in [1.165, 1.54) is 12.1 Å². The van der Waals surface area contributed by atoms with Gasteiger partial charge >= 0.3 is 6.29 Å². The Kier molecular flexibility index (Phi) is 3.04. The van der Waals surface area contributed by atoms with Crippen LogP contribution in [0.5, 0.6) is 11.5 Å². The third-order valence-electron chi connectivity index (χ3n) is 3.33. The number of hydrogen-bond donors (Lipinski definition) is 1. The summed E-state index contributed by atoms with van der Waals surface area (Å²) in [5, 5.41) is 3.23. The lowest BCUT2D eigenvalue weighted by atomic mass is 10.1. The normalized spacial score (nSPS) is 16.8. The largest absolute Gasteiger partial charge is 0.586 e. The molecule has 1 atom stereocenters. The lowest BCUT2D eigenvalue weighted by Gasteiger charge is -2.14. The van der Waals surface area contributed by atoms with Crippen LogP contribution in [-0.4, -0.2) is 6.29 Å². The highest BCUT2D eigenvalue weighted by Gasteiger charge is 2.43. The van der Waals surface area contributed by atoms with Crippen molar-refractivity contribution in [3.63, 3.8) is 0 Å². The van der Waals surface area contributed by atoms with Crippen LogP contribution in [0.4, 0.5) is 14.5 Å². The molecular weight excluding hydrogens is 280 g/mol. The minimum Gasteiger partial charge on any atom is -0.466 e. The van der Waals surface area contributed by atoms with Crippen LogP contribution in [0.1, 0.15) is 30.0 Å². The minimum atomic E-state index is -3.59. The van der Waals surface area contributed by atoms with Crippen molar-refractivity contribution in [1.29, 1.82) is 0 Å². The van der Waals surface area contributed by atoms with E-state index in [-0.39, 0.29) is 17.5 Å². The zero-order valence-corrected chi connectivity index (χ0v) is 11.9. The molecule has 0 amide bonds. The Labute approximate surface area is 120 Å². The minimum absolute atomic E-state index is 0.0247. The van der Waals surface area contributed by atoms with E-state index in [9.17, 15) is 8.78 Å². The molecule has 6 heteroatoms. The number of furan rings is 1. The van der Waals surface area contributed by atoms with Crippen molar-refractivity contribution >= 4 is 5.69 Å². The SMILES string of the molecule is Cc1cc(C(C)Nc2ccc3c(c2)OC(F)(F)O3)c(C)o1. The lowest BCUT2D eigenvalue weighted by Crippen LogP contribution is -2.25. The number of nitrogens with one attached hydrogen (secondary N) is 1. The van der Waals surface area contributed by atoms with Gasteiger partial charge in [0.2, 0.25) is 0 Å². The summed E-state index contributed by atoms with van der Waals surface area (Å²) in [7, 11) is 0. The summed E-state index contributed by atoms with van der Waals surface area (Å²) >= 11 is 0. The van der Waals surface area contributed by atoms with Gasteiger partial charge in [0.25, 0.3) is 0 Å². The number of hydrogen-bond acceptors (Lipinski definition) is 4. The molecule has 1 unspecified atom stereocenters.